The third-order valence-corrected chi connectivity index (χ3v) is 5.66. The molecule has 2 heterocycles. The normalized spacial score (nSPS) is 11.2. The van der Waals surface area contributed by atoms with Gasteiger partial charge in [-0.1, -0.05) is 41.2 Å². The highest BCUT2D eigenvalue weighted by molar-refractivity contribution is 7.98. The number of rotatable bonds is 5. The topological polar surface area (TPSA) is 73.8 Å². The van der Waals surface area contributed by atoms with Crippen LogP contribution in [0.4, 0.5) is 8.78 Å². The summed E-state index contributed by atoms with van der Waals surface area (Å²) in [5.74, 6) is -0.0882. The Morgan fingerprint density at radius 2 is 1.66 bits per heavy atom. The Bertz CT molecular complexity index is 1480. The lowest BCUT2D eigenvalue weighted by Crippen LogP contribution is -2.22. The van der Waals surface area contributed by atoms with Crippen LogP contribution in [0, 0.1) is 11.6 Å². The molecule has 5 rings (SSSR count). The van der Waals surface area contributed by atoms with Gasteiger partial charge in [-0.3, -0.25) is 9.36 Å². The molecule has 9 heteroatoms. The smallest absolute Gasteiger partial charge is 0.266 e. The first-order valence-corrected chi connectivity index (χ1v) is 10.6. The van der Waals surface area contributed by atoms with Crippen molar-refractivity contribution in [2.24, 2.45) is 0 Å². The van der Waals surface area contributed by atoms with Gasteiger partial charge < -0.3 is 4.52 Å². The molecule has 0 spiro atoms. The minimum atomic E-state index is -0.537. The average Bonchev–Trinajstić information content (AvgIpc) is 3.28. The minimum Gasteiger partial charge on any atom is -0.338 e. The number of para-hydroxylation sites is 2. The van der Waals surface area contributed by atoms with Crippen LogP contribution in [-0.2, 0) is 5.75 Å². The van der Waals surface area contributed by atoms with Crippen molar-refractivity contribution in [3.05, 3.63) is 101 Å². The molecule has 0 N–H and O–H groups in total. The minimum absolute atomic E-state index is 0.107. The van der Waals surface area contributed by atoms with Gasteiger partial charge in [0.1, 0.15) is 11.6 Å². The summed E-state index contributed by atoms with van der Waals surface area (Å²) in [5.41, 5.74) is 0.847. The highest BCUT2D eigenvalue weighted by atomic mass is 32.2. The molecule has 0 aliphatic heterocycles. The van der Waals surface area contributed by atoms with Crippen molar-refractivity contribution in [2.75, 3.05) is 0 Å². The molecule has 0 atom stereocenters. The summed E-state index contributed by atoms with van der Waals surface area (Å²) in [6.45, 7) is 0. The Balaban J connectivity index is 1.52. The van der Waals surface area contributed by atoms with Crippen molar-refractivity contribution in [3.8, 4) is 17.1 Å². The Labute approximate surface area is 184 Å². The van der Waals surface area contributed by atoms with Crippen molar-refractivity contribution in [1.82, 2.24) is 19.7 Å². The molecule has 0 amide bonds. The van der Waals surface area contributed by atoms with Crippen molar-refractivity contribution < 1.29 is 13.3 Å². The van der Waals surface area contributed by atoms with Crippen molar-refractivity contribution in [1.29, 1.82) is 0 Å². The van der Waals surface area contributed by atoms with E-state index in [1.807, 2.05) is 0 Å². The summed E-state index contributed by atoms with van der Waals surface area (Å²) < 4.78 is 34.2. The van der Waals surface area contributed by atoms with E-state index >= 15 is 0 Å². The number of nitrogens with zero attached hydrogens (tertiary/aromatic N) is 4. The van der Waals surface area contributed by atoms with Gasteiger partial charge in [-0.25, -0.2) is 13.8 Å². The maximum Gasteiger partial charge on any atom is 0.266 e. The molecule has 0 saturated heterocycles. The van der Waals surface area contributed by atoms with Gasteiger partial charge in [-0.2, -0.15) is 4.98 Å². The number of hydrogen-bond donors (Lipinski definition) is 0. The van der Waals surface area contributed by atoms with E-state index in [-0.39, 0.29) is 28.7 Å². The molecule has 158 valence electrons. The number of benzene rings is 3. The van der Waals surface area contributed by atoms with Crippen LogP contribution in [0.15, 0.2) is 87.3 Å². The molecule has 6 nitrogen and oxygen atoms in total. The molecular weight excluding hydrogens is 434 g/mol. The zero-order valence-corrected chi connectivity index (χ0v) is 17.2. The van der Waals surface area contributed by atoms with E-state index in [9.17, 15) is 13.6 Å². The molecule has 0 saturated carbocycles. The zero-order chi connectivity index (χ0) is 22.1. The number of aromatic nitrogens is 4. The van der Waals surface area contributed by atoms with Gasteiger partial charge in [-0.05, 0) is 48.5 Å². The van der Waals surface area contributed by atoms with Crippen LogP contribution >= 0.6 is 11.8 Å². The quantitative estimate of drug-likeness (QED) is 0.278. The van der Waals surface area contributed by atoms with Gasteiger partial charge in [0.25, 0.3) is 5.56 Å². The molecule has 0 bridgehead atoms. The lowest BCUT2D eigenvalue weighted by molar-refractivity contribution is 0.391. The summed E-state index contributed by atoms with van der Waals surface area (Å²) in [6.07, 6.45) is 0. The second kappa shape index (κ2) is 8.35. The molecule has 0 aliphatic carbocycles. The van der Waals surface area contributed by atoms with Gasteiger partial charge >= 0.3 is 0 Å². The lowest BCUT2D eigenvalue weighted by Gasteiger charge is -2.13. The maximum absolute atomic E-state index is 14.6. The van der Waals surface area contributed by atoms with Crippen LogP contribution in [0.1, 0.15) is 5.89 Å². The summed E-state index contributed by atoms with van der Waals surface area (Å²) in [4.78, 5) is 22.1. The molecule has 3 aromatic carbocycles. The van der Waals surface area contributed by atoms with E-state index in [1.165, 1.54) is 40.6 Å². The molecular formula is C23H14F2N4O2S. The predicted molar refractivity (Wildman–Crippen MR) is 117 cm³/mol. The molecule has 0 unspecified atom stereocenters. The second-order valence-corrected chi connectivity index (χ2v) is 7.75. The fourth-order valence-corrected chi connectivity index (χ4v) is 4.05. The first-order valence-electron chi connectivity index (χ1n) is 9.58. The second-order valence-electron chi connectivity index (χ2n) is 6.81. The Hall–Kier alpha value is -3.85. The van der Waals surface area contributed by atoms with Gasteiger partial charge in [0.05, 0.1) is 22.3 Å². The molecule has 5 aromatic rings. The summed E-state index contributed by atoms with van der Waals surface area (Å²) in [7, 11) is 0. The largest absolute Gasteiger partial charge is 0.338 e. The van der Waals surface area contributed by atoms with E-state index in [4.69, 9.17) is 4.52 Å². The van der Waals surface area contributed by atoms with Crippen molar-refractivity contribution in [3.63, 3.8) is 0 Å². The summed E-state index contributed by atoms with van der Waals surface area (Å²) in [5, 5.41) is 4.60. The predicted octanol–water partition coefficient (Wildman–Crippen LogP) is 5.01. The van der Waals surface area contributed by atoms with E-state index < -0.39 is 5.82 Å². The highest BCUT2D eigenvalue weighted by Gasteiger charge is 2.17. The SMILES string of the molecule is O=c1c2ccccc2nc(SCc2nc(-c3ccc(F)cc3)no2)n1-c1ccccc1F. The van der Waals surface area contributed by atoms with E-state index in [2.05, 4.69) is 15.1 Å². The first kappa shape index (κ1) is 20.1. The molecule has 2 aromatic heterocycles. The van der Waals surface area contributed by atoms with Crippen LogP contribution < -0.4 is 5.56 Å². The number of thioether (sulfide) groups is 1. The summed E-state index contributed by atoms with van der Waals surface area (Å²) in [6, 6.07) is 18.7. The van der Waals surface area contributed by atoms with Gasteiger partial charge in [0.2, 0.25) is 11.7 Å². The average molecular weight is 448 g/mol. The standard InChI is InChI=1S/C23H14F2N4O2S/c24-15-11-9-14(10-12-15)21-27-20(31-28-21)13-32-23-26-18-7-3-1-5-16(18)22(30)29(23)19-8-4-2-6-17(19)25/h1-12H,13H2. The van der Waals surface area contributed by atoms with Crippen LogP contribution in [0.3, 0.4) is 0 Å². The lowest BCUT2D eigenvalue weighted by atomic mass is 10.2. The van der Waals surface area contributed by atoms with E-state index in [0.717, 1.165) is 0 Å². The molecule has 32 heavy (non-hydrogen) atoms. The van der Waals surface area contributed by atoms with Crippen molar-refractivity contribution >= 4 is 22.7 Å². The van der Waals surface area contributed by atoms with Crippen LogP contribution in [0.2, 0.25) is 0 Å². The molecule has 0 radical (unpaired) electrons. The van der Waals surface area contributed by atoms with Crippen LogP contribution in [-0.4, -0.2) is 19.7 Å². The Morgan fingerprint density at radius 1 is 0.906 bits per heavy atom. The Kier molecular flexibility index (Phi) is 5.24. The number of hydrogen-bond acceptors (Lipinski definition) is 6. The Morgan fingerprint density at radius 3 is 2.47 bits per heavy atom. The van der Waals surface area contributed by atoms with Crippen molar-refractivity contribution in [2.45, 2.75) is 10.9 Å². The fraction of sp³-hybridized carbons (Fsp3) is 0.0435. The van der Waals surface area contributed by atoms with Gasteiger partial charge in [0.15, 0.2) is 5.16 Å². The van der Waals surface area contributed by atoms with Gasteiger partial charge in [0, 0.05) is 5.56 Å². The van der Waals surface area contributed by atoms with Crippen LogP contribution in [0.5, 0.6) is 0 Å². The van der Waals surface area contributed by atoms with Crippen LogP contribution in [0.25, 0.3) is 28.0 Å². The fourth-order valence-electron chi connectivity index (χ4n) is 3.21. The van der Waals surface area contributed by atoms with E-state index in [0.29, 0.717) is 27.4 Å². The third-order valence-electron chi connectivity index (χ3n) is 4.73. The highest BCUT2D eigenvalue weighted by Crippen LogP contribution is 2.26. The third kappa shape index (κ3) is 3.78. The molecule has 0 aliphatic rings. The van der Waals surface area contributed by atoms with Gasteiger partial charge in [-0.15, -0.1) is 0 Å². The number of fused-ring (bicyclic) bond motifs is 1. The van der Waals surface area contributed by atoms with E-state index in [1.54, 1.807) is 48.5 Å². The molecule has 0 fully saturated rings. The monoisotopic (exact) mass is 448 g/mol. The number of halogens is 2. The zero-order valence-electron chi connectivity index (χ0n) is 16.4. The maximum atomic E-state index is 14.6. The summed E-state index contributed by atoms with van der Waals surface area (Å²) >= 11 is 1.17. The first-order chi connectivity index (χ1) is 15.6.